The van der Waals surface area contributed by atoms with Crippen molar-refractivity contribution in [1.29, 1.82) is 0 Å². The van der Waals surface area contributed by atoms with E-state index < -0.39 is 26.5 Å². The number of nitrogens with one attached hydrogen (secondary N) is 2. The van der Waals surface area contributed by atoms with Crippen molar-refractivity contribution in [2.45, 2.75) is 42.0 Å². The van der Waals surface area contributed by atoms with Crippen LogP contribution < -0.4 is 15.5 Å². The summed E-state index contributed by atoms with van der Waals surface area (Å²) in [5.41, 5.74) is 2.38. The van der Waals surface area contributed by atoms with Crippen LogP contribution in [0.2, 0.25) is 0 Å². The van der Waals surface area contributed by atoms with Crippen molar-refractivity contribution < 1.29 is 23.2 Å². The number of hydrogen-bond donors (Lipinski definition) is 3. The molecule has 1 amide bonds. The fraction of sp³-hybridized carbons (Fsp3) is 0.400. The van der Waals surface area contributed by atoms with Crippen LogP contribution in [0.4, 0.5) is 0 Å². The highest BCUT2D eigenvalue weighted by atomic mass is 32.2. The zero-order valence-corrected chi connectivity index (χ0v) is 17.0. The van der Waals surface area contributed by atoms with Crippen molar-refractivity contribution in [3.63, 3.8) is 0 Å². The Morgan fingerprint density at radius 3 is 2.34 bits per heavy atom. The third kappa shape index (κ3) is 3.98. The molecule has 29 heavy (non-hydrogen) atoms. The fourth-order valence-electron chi connectivity index (χ4n) is 3.94. The van der Waals surface area contributed by atoms with E-state index in [1.807, 2.05) is 0 Å². The molecule has 8 nitrogen and oxygen atoms in total. The predicted molar refractivity (Wildman–Crippen MR) is 106 cm³/mol. The average molecular weight is 420 g/mol. The number of ether oxygens (including phenoxy) is 1. The topological polar surface area (TPSA) is 118 Å². The number of rotatable bonds is 8. The minimum absolute atomic E-state index is 0.0176. The van der Waals surface area contributed by atoms with E-state index in [9.17, 15) is 18.4 Å². The van der Waals surface area contributed by atoms with Gasteiger partial charge in [0.1, 0.15) is 5.75 Å². The smallest absolute Gasteiger partial charge is 0.280 e. The Kier molecular flexibility index (Phi) is 6.51. The number of nitrogens with zero attached hydrogens (tertiary/aromatic N) is 1. The maximum absolute atomic E-state index is 13.8. The first-order valence-corrected chi connectivity index (χ1v) is 10.9. The highest BCUT2D eigenvalue weighted by molar-refractivity contribution is 7.93. The molecule has 3 N–H and O–H groups in total. The third-order valence-corrected chi connectivity index (χ3v) is 7.87. The zero-order chi connectivity index (χ0) is 20.9. The van der Waals surface area contributed by atoms with Crippen molar-refractivity contribution in [3.05, 3.63) is 54.4 Å². The van der Waals surface area contributed by atoms with E-state index in [1.54, 1.807) is 30.0 Å². The number of hydrogen-bond acceptors (Lipinski definition) is 7. The molecule has 1 aromatic carbocycles. The van der Waals surface area contributed by atoms with Crippen LogP contribution in [0.1, 0.15) is 31.2 Å². The third-order valence-electron chi connectivity index (χ3n) is 5.47. The van der Waals surface area contributed by atoms with Crippen LogP contribution in [0, 0.1) is 5.92 Å². The Morgan fingerprint density at radius 1 is 1.17 bits per heavy atom. The number of carbonyl (C=O) groups is 1. The second-order valence-corrected chi connectivity index (χ2v) is 9.17. The van der Waals surface area contributed by atoms with Crippen LogP contribution in [0.3, 0.4) is 0 Å². The first-order valence-electron chi connectivity index (χ1n) is 9.43. The summed E-state index contributed by atoms with van der Waals surface area (Å²) in [5, 5.41) is 12.5. The molecular formula is C20H25N3O5S. The molecule has 156 valence electrons. The number of pyridine rings is 1. The molecule has 1 aliphatic rings. The van der Waals surface area contributed by atoms with Gasteiger partial charge in [0.25, 0.3) is 5.91 Å². The number of aromatic nitrogens is 1. The summed E-state index contributed by atoms with van der Waals surface area (Å²) >= 11 is 0. The van der Waals surface area contributed by atoms with Gasteiger partial charge in [-0.1, -0.05) is 12.8 Å². The summed E-state index contributed by atoms with van der Waals surface area (Å²) in [6, 6.07) is 9.37. The van der Waals surface area contributed by atoms with E-state index in [1.165, 1.54) is 31.4 Å². The normalized spacial score (nSPS) is 16.9. The van der Waals surface area contributed by atoms with Gasteiger partial charge in [0.05, 0.1) is 12.0 Å². The average Bonchev–Trinajstić information content (AvgIpc) is 3.29. The molecule has 1 aromatic heterocycles. The summed E-state index contributed by atoms with van der Waals surface area (Å²) in [5.74, 6) is -0.954. The van der Waals surface area contributed by atoms with Gasteiger partial charge >= 0.3 is 0 Å². The van der Waals surface area contributed by atoms with Gasteiger partial charge in [0.2, 0.25) is 14.7 Å². The lowest BCUT2D eigenvalue weighted by Gasteiger charge is -2.37. The SMILES string of the molecule is COc1ccc(S(=O)(=O)[C@@](NCc2ccncc2)(C(=O)NO)C2CCCC2)cc1. The van der Waals surface area contributed by atoms with Crippen molar-refractivity contribution >= 4 is 15.7 Å². The Hall–Kier alpha value is -2.49. The van der Waals surface area contributed by atoms with Crippen LogP contribution in [-0.4, -0.2) is 36.5 Å². The number of methoxy groups -OCH3 is 1. The number of carbonyl (C=O) groups excluding carboxylic acids is 1. The predicted octanol–water partition coefficient (Wildman–Crippen LogP) is 2.05. The van der Waals surface area contributed by atoms with Crippen molar-refractivity contribution in [2.24, 2.45) is 5.92 Å². The van der Waals surface area contributed by atoms with Crippen molar-refractivity contribution in [1.82, 2.24) is 15.8 Å². The molecule has 0 unspecified atom stereocenters. The molecule has 0 spiro atoms. The Balaban J connectivity index is 2.09. The first kappa shape index (κ1) is 21.2. The van der Waals surface area contributed by atoms with E-state index >= 15 is 0 Å². The maximum Gasteiger partial charge on any atom is 0.280 e. The Bertz CT molecular complexity index is 928. The Morgan fingerprint density at radius 2 is 1.79 bits per heavy atom. The molecule has 1 aliphatic carbocycles. The summed E-state index contributed by atoms with van der Waals surface area (Å²) in [4.78, 5) is 14.9. The first-order chi connectivity index (χ1) is 14.0. The van der Waals surface area contributed by atoms with Crippen LogP contribution in [0.25, 0.3) is 0 Å². The van der Waals surface area contributed by atoms with E-state index in [-0.39, 0.29) is 11.4 Å². The van der Waals surface area contributed by atoms with Gasteiger partial charge in [-0.15, -0.1) is 0 Å². The summed E-state index contributed by atoms with van der Waals surface area (Å²) in [7, 11) is -2.72. The lowest BCUT2D eigenvalue weighted by molar-refractivity contribution is -0.134. The van der Waals surface area contributed by atoms with Gasteiger partial charge in [0, 0.05) is 24.9 Å². The fourth-order valence-corrected chi connectivity index (χ4v) is 6.03. The van der Waals surface area contributed by atoms with Crippen molar-refractivity contribution in [3.8, 4) is 5.75 Å². The second kappa shape index (κ2) is 8.89. The van der Waals surface area contributed by atoms with E-state index in [2.05, 4.69) is 10.3 Å². The van der Waals surface area contributed by atoms with Crippen molar-refractivity contribution in [2.75, 3.05) is 7.11 Å². The van der Waals surface area contributed by atoms with Crippen LogP contribution in [-0.2, 0) is 21.2 Å². The van der Waals surface area contributed by atoms with Crippen LogP contribution in [0.15, 0.2) is 53.7 Å². The number of amides is 1. The summed E-state index contributed by atoms with van der Waals surface area (Å²) in [6.45, 7) is 0.127. The van der Waals surface area contributed by atoms with Gasteiger partial charge in [0.15, 0.2) is 0 Å². The standard InChI is InChI=1S/C20H25N3O5S/c1-28-17-6-8-18(9-7-17)29(26,27)20(19(24)23-25,16-4-2-3-5-16)22-14-15-10-12-21-13-11-15/h6-13,16,22,25H,2-5,14H2,1H3,(H,23,24)/t20-/m1/s1. The van der Waals surface area contributed by atoms with Gasteiger partial charge in [-0.3, -0.25) is 20.3 Å². The zero-order valence-electron chi connectivity index (χ0n) is 16.2. The molecule has 1 saturated carbocycles. The molecule has 1 heterocycles. The molecule has 3 rings (SSSR count). The lowest BCUT2D eigenvalue weighted by Crippen LogP contribution is -2.65. The van der Waals surface area contributed by atoms with Crippen LogP contribution >= 0.6 is 0 Å². The second-order valence-electron chi connectivity index (χ2n) is 7.05. The highest BCUT2D eigenvalue weighted by Crippen LogP contribution is 2.41. The summed E-state index contributed by atoms with van der Waals surface area (Å²) in [6.07, 6.45) is 5.95. The molecule has 0 radical (unpaired) electrons. The molecule has 0 bridgehead atoms. The number of benzene rings is 1. The molecule has 0 saturated heterocycles. The quantitative estimate of drug-likeness (QED) is 0.443. The minimum Gasteiger partial charge on any atom is -0.497 e. The largest absolute Gasteiger partial charge is 0.497 e. The molecule has 2 aromatic rings. The maximum atomic E-state index is 13.8. The van der Waals surface area contributed by atoms with Gasteiger partial charge in [-0.2, -0.15) is 0 Å². The van der Waals surface area contributed by atoms with Gasteiger partial charge in [-0.25, -0.2) is 13.9 Å². The molecule has 9 heteroatoms. The van der Waals surface area contributed by atoms with Crippen LogP contribution in [0.5, 0.6) is 5.75 Å². The number of sulfone groups is 1. The lowest BCUT2D eigenvalue weighted by atomic mass is 9.96. The van der Waals surface area contributed by atoms with E-state index in [0.29, 0.717) is 18.6 Å². The van der Waals surface area contributed by atoms with Gasteiger partial charge < -0.3 is 4.74 Å². The molecule has 0 aliphatic heterocycles. The van der Waals surface area contributed by atoms with E-state index in [4.69, 9.17) is 4.74 Å². The monoisotopic (exact) mass is 419 g/mol. The summed E-state index contributed by atoms with van der Waals surface area (Å²) < 4.78 is 32.7. The molecule has 1 atom stereocenters. The van der Waals surface area contributed by atoms with E-state index in [0.717, 1.165) is 18.4 Å². The molecule has 1 fully saturated rings. The Labute approximate surface area is 170 Å². The highest BCUT2D eigenvalue weighted by Gasteiger charge is 2.57. The van der Waals surface area contributed by atoms with Gasteiger partial charge in [-0.05, 0) is 54.8 Å². The number of hydroxylamine groups is 1. The minimum atomic E-state index is -4.21. The molecular weight excluding hydrogens is 394 g/mol.